The molecule has 1 unspecified atom stereocenters. The van der Waals surface area contributed by atoms with Crippen molar-refractivity contribution in [3.8, 4) is 0 Å². The van der Waals surface area contributed by atoms with E-state index in [4.69, 9.17) is 4.74 Å². The molecule has 29 heavy (non-hydrogen) atoms. The van der Waals surface area contributed by atoms with Gasteiger partial charge in [-0.2, -0.15) is 0 Å². The molecule has 0 aromatic heterocycles. The van der Waals surface area contributed by atoms with Gasteiger partial charge in [-0.1, -0.05) is 42.5 Å². The zero-order valence-electron chi connectivity index (χ0n) is 16.7. The number of carbonyl (C=O) groups excluding carboxylic acids is 2. The van der Waals surface area contributed by atoms with Crippen molar-refractivity contribution < 1.29 is 14.3 Å². The van der Waals surface area contributed by atoms with Gasteiger partial charge in [-0.3, -0.25) is 14.5 Å². The first-order chi connectivity index (χ1) is 14.2. The number of nitrogens with one attached hydrogen (secondary N) is 2. The smallest absolute Gasteiger partial charge is 0.237 e. The van der Waals surface area contributed by atoms with Crippen molar-refractivity contribution in [1.29, 1.82) is 0 Å². The number of amides is 2. The summed E-state index contributed by atoms with van der Waals surface area (Å²) in [5.41, 5.74) is 1.19. The first kappa shape index (κ1) is 19.9. The number of ether oxygens (including phenoxy) is 1. The highest BCUT2D eigenvalue weighted by molar-refractivity contribution is 5.89. The fraction of sp³-hybridized carbons (Fsp3) is 0.478. The number of benzene rings is 2. The summed E-state index contributed by atoms with van der Waals surface area (Å²) in [6, 6.07) is 14.1. The van der Waals surface area contributed by atoms with E-state index >= 15 is 0 Å². The number of nitrogens with zero attached hydrogens (tertiary/aromatic N) is 1. The minimum Gasteiger partial charge on any atom is -0.381 e. The maximum absolute atomic E-state index is 12.6. The predicted molar refractivity (Wildman–Crippen MR) is 112 cm³/mol. The molecule has 2 N–H and O–H groups in total. The van der Waals surface area contributed by atoms with Crippen LogP contribution >= 0.6 is 0 Å². The SMILES string of the molecule is O=C(CC1C(=O)NCCN1Cc1cccc2ccccc12)NCC1CCOCC1. The molecular formula is C23H29N3O3. The van der Waals surface area contributed by atoms with Crippen molar-refractivity contribution in [2.75, 3.05) is 32.8 Å². The third-order valence-electron chi connectivity index (χ3n) is 6.00. The van der Waals surface area contributed by atoms with Gasteiger partial charge < -0.3 is 15.4 Å². The van der Waals surface area contributed by atoms with E-state index < -0.39 is 6.04 Å². The van der Waals surface area contributed by atoms with E-state index in [-0.39, 0.29) is 18.2 Å². The van der Waals surface area contributed by atoms with Gasteiger partial charge in [0.2, 0.25) is 11.8 Å². The van der Waals surface area contributed by atoms with Crippen molar-refractivity contribution in [2.45, 2.75) is 31.8 Å². The lowest BCUT2D eigenvalue weighted by molar-refractivity contribution is -0.134. The molecule has 2 fully saturated rings. The zero-order chi connectivity index (χ0) is 20.1. The normalized spacial score (nSPS) is 21.1. The van der Waals surface area contributed by atoms with Gasteiger partial charge in [0.15, 0.2) is 0 Å². The van der Waals surface area contributed by atoms with Crippen LogP contribution in [0.4, 0.5) is 0 Å². The van der Waals surface area contributed by atoms with Gasteiger partial charge in [0.05, 0.1) is 12.5 Å². The summed E-state index contributed by atoms with van der Waals surface area (Å²) in [6.07, 6.45) is 2.16. The second-order valence-electron chi connectivity index (χ2n) is 7.98. The summed E-state index contributed by atoms with van der Waals surface area (Å²) in [7, 11) is 0. The average Bonchev–Trinajstić information content (AvgIpc) is 2.76. The molecule has 0 spiro atoms. The Kier molecular flexibility index (Phi) is 6.42. The summed E-state index contributed by atoms with van der Waals surface area (Å²) < 4.78 is 5.37. The molecule has 4 rings (SSSR count). The average molecular weight is 396 g/mol. The second-order valence-corrected chi connectivity index (χ2v) is 7.98. The maximum Gasteiger partial charge on any atom is 0.237 e. The molecule has 2 saturated heterocycles. The molecule has 1 atom stereocenters. The molecular weight excluding hydrogens is 366 g/mol. The summed E-state index contributed by atoms with van der Waals surface area (Å²) >= 11 is 0. The fourth-order valence-electron chi connectivity index (χ4n) is 4.28. The Labute approximate surface area is 171 Å². The highest BCUT2D eigenvalue weighted by Gasteiger charge is 2.32. The Bertz CT molecular complexity index is 858. The number of fused-ring (bicyclic) bond motifs is 1. The highest BCUT2D eigenvalue weighted by Crippen LogP contribution is 2.22. The van der Waals surface area contributed by atoms with Crippen LogP contribution in [0.15, 0.2) is 42.5 Å². The van der Waals surface area contributed by atoms with Crippen LogP contribution in [0.3, 0.4) is 0 Å². The van der Waals surface area contributed by atoms with Gasteiger partial charge in [-0.05, 0) is 35.1 Å². The lowest BCUT2D eigenvalue weighted by Crippen LogP contribution is -2.56. The van der Waals surface area contributed by atoms with Gasteiger partial charge in [0.1, 0.15) is 0 Å². The molecule has 2 aliphatic rings. The Balaban J connectivity index is 1.41. The van der Waals surface area contributed by atoms with Crippen molar-refractivity contribution in [1.82, 2.24) is 15.5 Å². The van der Waals surface area contributed by atoms with E-state index in [9.17, 15) is 9.59 Å². The lowest BCUT2D eigenvalue weighted by atomic mass is 10.00. The van der Waals surface area contributed by atoms with Gasteiger partial charge in [-0.25, -0.2) is 0 Å². The summed E-state index contributed by atoms with van der Waals surface area (Å²) in [6.45, 7) is 4.22. The summed E-state index contributed by atoms with van der Waals surface area (Å²) in [5, 5.41) is 8.34. The number of rotatable bonds is 6. The highest BCUT2D eigenvalue weighted by atomic mass is 16.5. The van der Waals surface area contributed by atoms with Crippen LogP contribution in [0, 0.1) is 5.92 Å². The van der Waals surface area contributed by atoms with Gasteiger partial charge in [-0.15, -0.1) is 0 Å². The number of carbonyl (C=O) groups is 2. The van der Waals surface area contributed by atoms with E-state index in [0.29, 0.717) is 25.6 Å². The standard InChI is InChI=1S/C23H29N3O3/c27-22(25-15-17-8-12-29-13-9-17)14-21-23(28)24-10-11-26(21)16-19-6-3-5-18-4-1-2-7-20(18)19/h1-7,17,21H,8-16H2,(H,24,28)(H,25,27). The van der Waals surface area contributed by atoms with Crippen LogP contribution in [-0.4, -0.2) is 55.6 Å². The largest absolute Gasteiger partial charge is 0.381 e. The molecule has 0 saturated carbocycles. The summed E-state index contributed by atoms with van der Waals surface area (Å²) in [4.78, 5) is 27.2. The molecule has 2 heterocycles. The van der Waals surface area contributed by atoms with Gasteiger partial charge >= 0.3 is 0 Å². The number of piperazine rings is 1. The Hall–Kier alpha value is -2.44. The molecule has 2 aromatic rings. The van der Waals surface area contributed by atoms with Crippen LogP contribution in [0.2, 0.25) is 0 Å². The third-order valence-corrected chi connectivity index (χ3v) is 6.00. The van der Waals surface area contributed by atoms with Crippen LogP contribution in [0.25, 0.3) is 10.8 Å². The second kappa shape index (κ2) is 9.37. The van der Waals surface area contributed by atoms with E-state index in [2.05, 4.69) is 45.9 Å². The van der Waals surface area contributed by atoms with E-state index in [0.717, 1.165) is 32.6 Å². The van der Waals surface area contributed by atoms with Crippen LogP contribution in [0.1, 0.15) is 24.8 Å². The maximum atomic E-state index is 12.6. The minimum atomic E-state index is -0.433. The third kappa shape index (κ3) is 4.95. The lowest BCUT2D eigenvalue weighted by Gasteiger charge is -2.35. The molecule has 0 radical (unpaired) electrons. The van der Waals surface area contributed by atoms with E-state index in [1.807, 2.05) is 12.1 Å². The monoisotopic (exact) mass is 395 g/mol. The van der Waals surface area contributed by atoms with Crippen LogP contribution in [-0.2, 0) is 20.9 Å². The van der Waals surface area contributed by atoms with E-state index in [1.165, 1.54) is 16.3 Å². The Morgan fingerprint density at radius 1 is 1.14 bits per heavy atom. The molecule has 0 bridgehead atoms. The van der Waals surface area contributed by atoms with Crippen molar-refractivity contribution in [3.05, 3.63) is 48.0 Å². The van der Waals surface area contributed by atoms with Crippen molar-refractivity contribution >= 4 is 22.6 Å². The molecule has 154 valence electrons. The Morgan fingerprint density at radius 2 is 1.93 bits per heavy atom. The molecule has 6 heteroatoms. The van der Waals surface area contributed by atoms with Crippen LogP contribution < -0.4 is 10.6 Å². The Morgan fingerprint density at radius 3 is 2.79 bits per heavy atom. The van der Waals surface area contributed by atoms with Crippen molar-refractivity contribution in [3.63, 3.8) is 0 Å². The van der Waals surface area contributed by atoms with Crippen molar-refractivity contribution in [2.24, 2.45) is 5.92 Å². The molecule has 2 aromatic carbocycles. The number of hydrogen-bond acceptors (Lipinski definition) is 4. The van der Waals surface area contributed by atoms with Gasteiger partial charge in [0.25, 0.3) is 0 Å². The number of hydrogen-bond donors (Lipinski definition) is 2. The predicted octanol–water partition coefficient (Wildman–Crippen LogP) is 2.07. The molecule has 0 aliphatic carbocycles. The fourth-order valence-corrected chi connectivity index (χ4v) is 4.28. The first-order valence-electron chi connectivity index (χ1n) is 10.5. The quantitative estimate of drug-likeness (QED) is 0.786. The zero-order valence-corrected chi connectivity index (χ0v) is 16.7. The first-order valence-corrected chi connectivity index (χ1v) is 10.5. The van der Waals surface area contributed by atoms with E-state index in [1.54, 1.807) is 0 Å². The minimum absolute atomic E-state index is 0.0542. The van der Waals surface area contributed by atoms with Crippen LogP contribution in [0.5, 0.6) is 0 Å². The topological polar surface area (TPSA) is 70.7 Å². The molecule has 2 aliphatic heterocycles. The molecule has 2 amide bonds. The summed E-state index contributed by atoms with van der Waals surface area (Å²) in [5.74, 6) is 0.360. The molecule has 6 nitrogen and oxygen atoms in total. The van der Waals surface area contributed by atoms with Gasteiger partial charge in [0, 0.05) is 39.4 Å².